The molecule has 0 aliphatic carbocycles. The van der Waals surface area contributed by atoms with Gasteiger partial charge in [0, 0.05) is 6.08 Å². The van der Waals surface area contributed by atoms with Gasteiger partial charge in [0.15, 0.2) is 11.5 Å². The second kappa shape index (κ2) is 11.7. The number of rotatable bonds is 10. The molecule has 0 saturated heterocycles. The summed E-state index contributed by atoms with van der Waals surface area (Å²) >= 11 is 0. The van der Waals surface area contributed by atoms with Crippen molar-refractivity contribution in [2.75, 3.05) is 13.2 Å². The second-order valence-corrected chi connectivity index (χ2v) is 6.78. The Hall–Kier alpha value is -3.28. The number of amides is 2. The Morgan fingerprint density at radius 3 is 2.27 bits per heavy atom. The zero-order valence-electron chi connectivity index (χ0n) is 18.0. The fourth-order valence-corrected chi connectivity index (χ4v) is 2.82. The molecule has 2 aromatic carbocycles. The van der Waals surface area contributed by atoms with Crippen molar-refractivity contribution in [3.63, 3.8) is 0 Å². The Morgan fingerprint density at radius 1 is 0.933 bits per heavy atom. The standard InChI is InChI=1S/C24H30N2O4/c1-5-29-21-14-13-20(16-22(21)30-6-2)17(3)26-24(28)18(4)25-23(27)15-12-19-10-8-7-9-11-19/h7-18H,5-6H2,1-4H3,(H,25,27)(H,26,28). The van der Waals surface area contributed by atoms with Crippen LogP contribution in [0.2, 0.25) is 0 Å². The van der Waals surface area contributed by atoms with Gasteiger partial charge in [-0.2, -0.15) is 0 Å². The molecule has 6 heteroatoms. The lowest BCUT2D eigenvalue weighted by molar-refractivity contribution is -0.127. The van der Waals surface area contributed by atoms with Crippen molar-refractivity contribution in [2.24, 2.45) is 0 Å². The first kappa shape index (κ1) is 23.0. The minimum atomic E-state index is -0.672. The summed E-state index contributed by atoms with van der Waals surface area (Å²) in [5.41, 5.74) is 1.80. The van der Waals surface area contributed by atoms with E-state index in [0.717, 1.165) is 11.1 Å². The van der Waals surface area contributed by atoms with Crippen LogP contribution in [0.3, 0.4) is 0 Å². The maximum absolute atomic E-state index is 12.5. The summed E-state index contributed by atoms with van der Waals surface area (Å²) in [5, 5.41) is 5.60. The molecule has 2 rings (SSSR count). The van der Waals surface area contributed by atoms with E-state index >= 15 is 0 Å². The van der Waals surface area contributed by atoms with E-state index < -0.39 is 6.04 Å². The molecule has 2 amide bonds. The molecule has 0 aliphatic rings. The highest BCUT2D eigenvalue weighted by molar-refractivity contribution is 5.95. The quantitative estimate of drug-likeness (QED) is 0.583. The number of ether oxygens (including phenoxy) is 2. The lowest BCUT2D eigenvalue weighted by Crippen LogP contribution is -2.45. The summed E-state index contributed by atoms with van der Waals surface area (Å²) in [7, 11) is 0. The van der Waals surface area contributed by atoms with Crippen molar-refractivity contribution >= 4 is 17.9 Å². The molecule has 30 heavy (non-hydrogen) atoms. The lowest BCUT2D eigenvalue weighted by atomic mass is 10.1. The highest BCUT2D eigenvalue weighted by Crippen LogP contribution is 2.30. The molecule has 160 valence electrons. The number of benzene rings is 2. The van der Waals surface area contributed by atoms with Gasteiger partial charge in [0.1, 0.15) is 6.04 Å². The van der Waals surface area contributed by atoms with E-state index in [1.807, 2.05) is 69.3 Å². The smallest absolute Gasteiger partial charge is 0.244 e. The molecule has 0 spiro atoms. The van der Waals surface area contributed by atoms with Gasteiger partial charge in [-0.15, -0.1) is 0 Å². The van der Waals surface area contributed by atoms with Crippen LogP contribution in [0.1, 0.15) is 44.9 Å². The highest BCUT2D eigenvalue weighted by Gasteiger charge is 2.18. The SMILES string of the molecule is CCOc1ccc(C(C)NC(=O)C(C)NC(=O)C=Cc2ccccc2)cc1OCC. The number of nitrogens with one attached hydrogen (secondary N) is 2. The largest absolute Gasteiger partial charge is 0.490 e. The van der Waals surface area contributed by atoms with Crippen molar-refractivity contribution in [3.8, 4) is 11.5 Å². The molecule has 2 N–H and O–H groups in total. The summed E-state index contributed by atoms with van der Waals surface area (Å²) in [6, 6.07) is 14.2. The van der Waals surface area contributed by atoms with Crippen LogP contribution in [0.5, 0.6) is 11.5 Å². The third-order valence-corrected chi connectivity index (χ3v) is 4.40. The molecule has 2 atom stereocenters. The number of carbonyl (C=O) groups is 2. The molecule has 2 aromatic rings. The van der Waals surface area contributed by atoms with Crippen LogP contribution in [-0.4, -0.2) is 31.1 Å². The minimum absolute atomic E-state index is 0.258. The molecule has 0 heterocycles. The van der Waals surface area contributed by atoms with Crippen LogP contribution in [-0.2, 0) is 9.59 Å². The summed E-state index contributed by atoms with van der Waals surface area (Å²) in [6.07, 6.45) is 3.13. The number of carbonyl (C=O) groups excluding carboxylic acids is 2. The molecule has 0 saturated carbocycles. The van der Waals surface area contributed by atoms with Gasteiger partial charge < -0.3 is 20.1 Å². The number of hydrogen-bond acceptors (Lipinski definition) is 4. The Balaban J connectivity index is 1.94. The van der Waals surface area contributed by atoms with Gasteiger partial charge in [-0.1, -0.05) is 36.4 Å². The van der Waals surface area contributed by atoms with Crippen molar-refractivity contribution in [3.05, 3.63) is 65.7 Å². The van der Waals surface area contributed by atoms with Crippen molar-refractivity contribution in [2.45, 2.75) is 39.8 Å². The molecule has 0 radical (unpaired) electrons. The van der Waals surface area contributed by atoms with E-state index in [1.165, 1.54) is 6.08 Å². The van der Waals surface area contributed by atoms with Crippen molar-refractivity contribution in [1.82, 2.24) is 10.6 Å². The summed E-state index contributed by atoms with van der Waals surface area (Å²) in [4.78, 5) is 24.6. The van der Waals surface area contributed by atoms with Crippen LogP contribution in [0.15, 0.2) is 54.6 Å². The van der Waals surface area contributed by atoms with Gasteiger partial charge in [0.2, 0.25) is 11.8 Å². The van der Waals surface area contributed by atoms with Gasteiger partial charge >= 0.3 is 0 Å². The molecule has 0 bridgehead atoms. The predicted molar refractivity (Wildman–Crippen MR) is 118 cm³/mol. The van der Waals surface area contributed by atoms with Gasteiger partial charge in [0.25, 0.3) is 0 Å². The molecule has 0 fully saturated rings. The van der Waals surface area contributed by atoms with E-state index in [9.17, 15) is 9.59 Å². The summed E-state index contributed by atoms with van der Waals surface area (Å²) in [5.74, 6) is 0.725. The fourth-order valence-electron chi connectivity index (χ4n) is 2.82. The van der Waals surface area contributed by atoms with E-state index in [2.05, 4.69) is 10.6 Å². The van der Waals surface area contributed by atoms with Gasteiger partial charge in [-0.3, -0.25) is 9.59 Å². The lowest BCUT2D eigenvalue weighted by Gasteiger charge is -2.20. The Morgan fingerprint density at radius 2 is 1.60 bits per heavy atom. The van der Waals surface area contributed by atoms with Crippen LogP contribution in [0, 0.1) is 0 Å². The Bertz CT molecular complexity index is 865. The normalized spacial score (nSPS) is 12.8. The van der Waals surface area contributed by atoms with Crippen molar-refractivity contribution in [1.29, 1.82) is 0 Å². The first-order valence-electron chi connectivity index (χ1n) is 10.2. The fraction of sp³-hybridized carbons (Fsp3) is 0.333. The average molecular weight is 411 g/mol. The van der Waals surface area contributed by atoms with Gasteiger partial charge in [-0.25, -0.2) is 0 Å². The maximum atomic E-state index is 12.5. The molecular weight excluding hydrogens is 380 g/mol. The second-order valence-electron chi connectivity index (χ2n) is 6.78. The predicted octanol–water partition coefficient (Wildman–Crippen LogP) is 3.88. The molecule has 6 nitrogen and oxygen atoms in total. The van der Waals surface area contributed by atoms with Crippen LogP contribution < -0.4 is 20.1 Å². The molecule has 2 unspecified atom stereocenters. The topological polar surface area (TPSA) is 76.7 Å². The summed E-state index contributed by atoms with van der Waals surface area (Å²) < 4.78 is 11.2. The number of hydrogen-bond donors (Lipinski definition) is 2. The molecular formula is C24H30N2O4. The van der Waals surface area contributed by atoms with Crippen LogP contribution in [0.4, 0.5) is 0 Å². The van der Waals surface area contributed by atoms with E-state index in [1.54, 1.807) is 13.0 Å². The highest BCUT2D eigenvalue weighted by atomic mass is 16.5. The van der Waals surface area contributed by atoms with E-state index in [4.69, 9.17) is 9.47 Å². The zero-order valence-corrected chi connectivity index (χ0v) is 18.0. The Kier molecular flexibility index (Phi) is 8.94. The molecule has 0 aliphatic heterocycles. The summed E-state index contributed by atoms with van der Waals surface area (Å²) in [6.45, 7) is 8.42. The first-order valence-corrected chi connectivity index (χ1v) is 10.2. The first-order chi connectivity index (χ1) is 14.4. The van der Waals surface area contributed by atoms with Crippen LogP contribution in [0.25, 0.3) is 6.08 Å². The van der Waals surface area contributed by atoms with E-state index in [0.29, 0.717) is 24.7 Å². The third-order valence-electron chi connectivity index (χ3n) is 4.40. The van der Waals surface area contributed by atoms with E-state index in [-0.39, 0.29) is 17.9 Å². The van der Waals surface area contributed by atoms with Gasteiger partial charge in [-0.05, 0) is 57.0 Å². The van der Waals surface area contributed by atoms with Gasteiger partial charge in [0.05, 0.1) is 19.3 Å². The van der Waals surface area contributed by atoms with Crippen LogP contribution >= 0.6 is 0 Å². The Labute approximate surface area is 178 Å². The average Bonchev–Trinajstić information content (AvgIpc) is 2.74. The maximum Gasteiger partial charge on any atom is 0.244 e. The zero-order chi connectivity index (χ0) is 21.9. The monoisotopic (exact) mass is 410 g/mol. The molecule has 0 aromatic heterocycles. The van der Waals surface area contributed by atoms with Crippen molar-refractivity contribution < 1.29 is 19.1 Å². The third kappa shape index (κ3) is 6.95. The minimum Gasteiger partial charge on any atom is -0.490 e.